The van der Waals surface area contributed by atoms with Crippen molar-refractivity contribution in [2.75, 3.05) is 0 Å². The second kappa shape index (κ2) is 7.84. The van der Waals surface area contributed by atoms with Gasteiger partial charge in [-0.15, -0.1) is 0 Å². The zero-order chi connectivity index (χ0) is 19.1. The van der Waals surface area contributed by atoms with Gasteiger partial charge in [-0.25, -0.2) is 0 Å². The molecule has 2 aromatic carbocycles. The van der Waals surface area contributed by atoms with E-state index < -0.39 is 0 Å². The molecule has 0 spiro atoms. The number of hydrogen-bond acceptors (Lipinski definition) is 2. The van der Waals surface area contributed by atoms with Crippen LogP contribution >= 0.6 is 15.9 Å². The fourth-order valence-corrected chi connectivity index (χ4v) is 6.68. The van der Waals surface area contributed by atoms with Crippen molar-refractivity contribution < 1.29 is 4.74 Å². The molecular weight excluding hydrogens is 410 g/mol. The molecule has 28 heavy (non-hydrogen) atoms. The van der Waals surface area contributed by atoms with Gasteiger partial charge in [0.1, 0.15) is 12.4 Å². The Morgan fingerprint density at radius 2 is 1.71 bits per heavy atom. The summed E-state index contributed by atoms with van der Waals surface area (Å²) in [7, 11) is 0. The van der Waals surface area contributed by atoms with E-state index in [0.717, 1.165) is 40.4 Å². The van der Waals surface area contributed by atoms with Crippen LogP contribution in [0.5, 0.6) is 5.75 Å². The van der Waals surface area contributed by atoms with E-state index >= 15 is 0 Å². The summed E-state index contributed by atoms with van der Waals surface area (Å²) < 4.78 is 7.35. The Morgan fingerprint density at radius 1 is 0.964 bits per heavy atom. The molecule has 4 saturated carbocycles. The molecule has 4 aliphatic carbocycles. The molecule has 0 heterocycles. The van der Waals surface area contributed by atoms with Crippen LogP contribution in [-0.2, 0) is 13.2 Å². The Morgan fingerprint density at radius 3 is 2.43 bits per heavy atom. The molecule has 0 saturated heterocycles. The summed E-state index contributed by atoms with van der Waals surface area (Å²) in [5, 5.41) is 3.96. The van der Waals surface area contributed by atoms with E-state index in [1.807, 2.05) is 0 Å². The molecule has 4 fully saturated rings. The smallest absolute Gasteiger partial charge is 0.124 e. The van der Waals surface area contributed by atoms with E-state index in [-0.39, 0.29) is 0 Å². The third-order valence-electron chi connectivity index (χ3n) is 7.25. The molecule has 2 nitrogen and oxygen atoms in total. The first kappa shape index (κ1) is 18.7. The van der Waals surface area contributed by atoms with Crippen LogP contribution in [0.3, 0.4) is 0 Å². The van der Waals surface area contributed by atoms with Crippen LogP contribution in [0.25, 0.3) is 0 Å². The van der Waals surface area contributed by atoms with E-state index in [0.29, 0.717) is 12.6 Å². The van der Waals surface area contributed by atoms with Gasteiger partial charge >= 0.3 is 0 Å². The summed E-state index contributed by atoms with van der Waals surface area (Å²) in [4.78, 5) is 0. The minimum absolute atomic E-state index is 0.619. The average molecular weight is 440 g/mol. The highest BCUT2D eigenvalue weighted by Crippen LogP contribution is 2.53. The van der Waals surface area contributed by atoms with Gasteiger partial charge in [-0.2, -0.15) is 0 Å². The Labute approximate surface area is 177 Å². The van der Waals surface area contributed by atoms with Crippen molar-refractivity contribution in [3.05, 3.63) is 63.6 Å². The van der Waals surface area contributed by atoms with Crippen molar-refractivity contribution in [2.45, 2.75) is 58.2 Å². The van der Waals surface area contributed by atoms with Crippen LogP contribution < -0.4 is 10.1 Å². The number of nitrogens with one attached hydrogen (secondary N) is 1. The van der Waals surface area contributed by atoms with E-state index in [9.17, 15) is 0 Å². The van der Waals surface area contributed by atoms with Crippen molar-refractivity contribution >= 4 is 15.9 Å². The van der Waals surface area contributed by atoms with E-state index in [1.54, 1.807) is 0 Å². The summed E-state index contributed by atoms with van der Waals surface area (Å²) in [6.07, 6.45) is 7.35. The Balaban J connectivity index is 1.26. The van der Waals surface area contributed by atoms with Crippen molar-refractivity contribution in [3.8, 4) is 5.75 Å². The fourth-order valence-electron chi connectivity index (χ4n) is 6.28. The minimum Gasteiger partial charge on any atom is -0.489 e. The molecule has 0 atom stereocenters. The van der Waals surface area contributed by atoms with Crippen molar-refractivity contribution in [3.63, 3.8) is 0 Å². The van der Waals surface area contributed by atoms with Gasteiger partial charge in [0.15, 0.2) is 0 Å². The molecule has 148 valence electrons. The van der Waals surface area contributed by atoms with Gasteiger partial charge < -0.3 is 10.1 Å². The maximum atomic E-state index is 6.23. The predicted molar refractivity (Wildman–Crippen MR) is 117 cm³/mol. The number of aryl methyl sites for hydroxylation is 1. The molecular formula is C25H30BrNO. The maximum absolute atomic E-state index is 6.23. The van der Waals surface area contributed by atoms with Crippen LogP contribution in [-0.4, -0.2) is 6.04 Å². The van der Waals surface area contributed by atoms with Gasteiger partial charge in [0.25, 0.3) is 0 Å². The van der Waals surface area contributed by atoms with Crippen molar-refractivity contribution in [2.24, 2.45) is 23.7 Å². The first-order valence-corrected chi connectivity index (χ1v) is 11.6. The van der Waals surface area contributed by atoms with Crippen LogP contribution in [0.1, 0.15) is 48.8 Å². The largest absolute Gasteiger partial charge is 0.489 e. The van der Waals surface area contributed by atoms with Crippen LogP contribution in [0.4, 0.5) is 0 Å². The van der Waals surface area contributed by atoms with Crippen LogP contribution in [0, 0.1) is 30.6 Å². The SMILES string of the molecule is Cc1cccc(COc2ccc(Br)cc2CNC2C3CC4CC(C3)CC2C4)c1. The molecule has 0 amide bonds. The quantitative estimate of drug-likeness (QED) is 0.573. The molecule has 0 aromatic heterocycles. The highest BCUT2D eigenvalue weighted by atomic mass is 79.9. The van der Waals surface area contributed by atoms with Crippen LogP contribution in [0.2, 0.25) is 0 Å². The molecule has 4 aliphatic rings. The zero-order valence-corrected chi connectivity index (χ0v) is 18.3. The molecule has 0 unspecified atom stereocenters. The molecule has 0 aliphatic heterocycles. The van der Waals surface area contributed by atoms with Crippen LogP contribution in [0.15, 0.2) is 46.9 Å². The molecule has 2 aromatic rings. The third kappa shape index (κ3) is 3.89. The average Bonchev–Trinajstić information content (AvgIpc) is 2.66. The summed E-state index contributed by atoms with van der Waals surface area (Å²) in [6.45, 7) is 3.65. The lowest BCUT2D eigenvalue weighted by molar-refractivity contribution is -0.0143. The summed E-state index contributed by atoms with van der Waals surface area (Å²) in [5.41, 5.74) is 3.76. The van der Waals surface area contributed by atoms with Gasteiger partial charge in [0.05, 0.1) is 0 Å². The first-order chi connectivity index (χ1) is 13.6. The van der Waals surface area contributed by atoms with Gasteiger partial charge in [-0.1, -0.05) is 45.8 Å². The summed E-state index contributed by atoms with van der Waals surface area (Å²) >= 11 is 3.65. The standard InChI is InChI=1S/C25H30BrNO/c1-16-3-2-4-17(7-16)15-28-24-6-5-23(26)13-22(24)14-27-25-20-9-18-8-19(11-20)12-21(25)10-18/h2-7,13,18-21,25,27H,8-12,14-15H2,1H3. The molecule has 4 bridgehead atoms. The summed E-state index contributed by atoms with van der Waals surface area (Å²) in [5.74, 6) is 4.86. The topological polar surface area (TPSA) is 21.3 Å². The Bertz CT molecular complexity index is 820. The lowest BCUT2D eigenvalue weighted by Gasteiger charge is -2.54. The normalized spacial score (nSPS) is 30.6. The lowest BCUT2D eigenvalue weighted by atomic mass is 9.54. The van der Waals surface area contributed by atoms with Crippen molar-refractivity contribution in [1.82, 2.24) is 5.32 Å². The Kier molecular flexibility index (Phi) is 5.23. The first-order valence-electron chi connectivity index (χ1n) is 10.8. The van der Waals surface area contributed by atoms with Gasteiger partial charge in [-0.3, -0.25) is 0 Å². The number of ether oxygens (including phenoxy) is 1. The van der Waals surface area contributed by atoms with Gasteiger partial charge in [0, 0.05) is 22.6 Å². The second-order valence-electron chi connectivity index (χ2n) is 9.37. The number of hydrogen-bond donors (Lipinski definition) is 1. The van der Waals surface area contributed by atoms with E-state index in [2.05, 4.69) is 70.6 Å². The molecule has 3 heteroatoms. The fraction of sp³-hybridized carbons (Fsp3) is 0.520. The number of halogens is 1. The molecule has 0 radical (unpaired) electrons. The monoisotopic (exact) mass is 439 g/mol. The highest BCUT2D eigenvalue weighted by molar-refractivity contribution is 9.10. The number of rotatable bonds is 6. The molecule has 1 N–H and O–H groups in total. The Hall–Kier alpha value is -1.32. The lowest BCUT2D eigenvalue weighted by Crippen LogP contribution is -2.54. The maximum Gasteiger partial charge on any atom is 0.124 e. The van der Waals surface area contributed by atoms with E-state index in [4.69, 9.17) is 4.74 Å². The van der Waals surface area contributed by atoms with Gasteiger partial charge in [-0.05, 0) is 86.5 Å². The van der Waals surface area contributed by atoms with E-state index in [1.165, 1.54) is 48.8 Å². The minimum atomic E-state index is 0.619. The zero-order valence-electron chi connectivity index (χ0n) is 16.7. The number of benzene rings is 2. The predicted octanol–water partition coefficient (Wildman–Crippen LogP) is 6.25. The van der Waals surface area contributed by atoms with Gasteiger partial charge in [0.2, 0.25) is 0 Å². The third-order valence-corrected chi connectivity index (χ3v) is 7.75. The summed E-state index contributed by atoms with van der Waals surface area (Å²) in [6, 6.07) is 15.7. The molecule has 6 rings (SSSR count). The van der Waals surface area contributed by atoms with Crippen molar-refractivity contribution in [1.29, 1.82) is 0 Å². The highest BCUT2D eigenvalue weighted by Gasteiger charge is 2.47. The second-order valence-corrected chi connectivity index (χ2v) is 10.3.